The molecular formula is C16H16O2. The van der Waals surface area contributed by atoms with Crippen molar-refractivity contribution >= 4 is 0 Å². The monoisotopic (exact) mass is 240 g/mol. The van der Waals surface area contributed by atoms with E-state index in [1.54, 1.807) is 0 Å². The van der Waals surface area contributed by atoms with E-state index >= 15 is 0 Å². The van der Waals surface area contributed by atoms with Gasteiger partial charge in [0.05, 0.1) is 12.2 Å². The summed E-state index contributed by atoms with van der Waals surface area (Å²) in [5, 5.41) is 20.6. The molecule has 0 aliphatic heterocycles. The SMILES string of the molecule is OC1Cc2ccccc2C(O)Cc2ccccc21. The highest BCUT2D eigenvalue weighted by atomic mass is 16.3. The lowest BCUT2D eigenvalue weighted by Crippen LogP contribution is -2.15. The van der Waals surface area contributed by atoms with E-state index in [0.717, 1.165) is 22.3 Å². The van der Waals surface area contributed by atoms with Crippen LogP contribution in [0.25, 0.3) is 0 Å². The van der Waals surface area contributed by atoms with Crippen molar-refractivity contribution in [2.24, 2.45) is 0 Å². The summed E-state index contributed by atoms with van der Waals surface area (Å²) in [5.41, 5.74) is 3.94. The minimum atomic E-state index is -0.491. The number of hydrogen-bond acceptors (Lipinski definition) is 2. The molecule has 0 radical (unpaired) electrons. The molecular weight excluding hydrogens is 224 g/mol. The fraction of sp³-hybridized carbons (Fsp3) is 0.250. The summed E-state index contributed by atoms with van der Waals surface area (Å²) in [4.78, 5) is 0. The molecule has 2 unspecified atom stereocenters. The standard InChI is InChI=1S/C16H16O2/c17-15-9-11-5-1-3-7-13(11)16(18)10-12-6-2-4-8-14(12)15/h1-8,15-18H,9-10H2. The number of aliphatic hydroxyl groups is 2. The van der Waals surface area contributed by atoms with Crippen LogP contribution >= 0.6 is 0 Å². The van der Waals surface area contributed by atoms with Crippen LogP contribution in [0.1, 0.15) is 34.5 Å². The van der Waals surface area contributed by atoms with Crippen molar-refractivity contribution in [2.45, 2.75) is 25.0 Å². The Labute approximate surface area is 107 Å². The Balaban J connectivity index is 2.09. The van der Waals surface area contributed by atoms with Gasteiger partial charge in [-0.15, -0.1) is 0 Å². The lowest BCUT2D eigenvalue weighted by Gasteiger charge is -2.24. The molecule has 0 bridgehead atoms. The first-order chi connectivity index (χ1) is 8.75. The average molecular weight is 240 g/mol. The maximum atomic E-state index is 10.3. The lowest BCUT2D eigenvalue weighted by atomic mass is 9.86. The van der Waals surface area contributed by atoms with E-state index in [4.69, 9.17) is 0 Å². The van der Waals surface area contributed by atoms with Gasteiger partial charge in [-0.25, -0.2) is 0 Å². The molecule has 0 fully saturated rings. The maximum absolute atomic E-state index is 10.3. The van der Waals surface area contributed by atoms with Gasteiger partial charge in [0.25, 0.3) is 0 Å². The van der Waals surface area contributed by atoms with E-state index in [2.05, 4.69) is 0 Å². The summed E-state index contributed by atoms with van der Waals surface area (Å²) in [5.74, 6) is 0. The summed E-state index contributed by atoms with van der Waals surface area (Å²) in [6.07, 6.45) is 0.138. The van der Waals surface area contributed by atoms with Crippen LogP contribution in [-0.2, 0) is 12.8 Å². The Kier molecular flexibility index (Phi) is 2.90. The molecule has 2 nitrogen and oxygen atoms in total. The molecule has 0 saturated heterocycles. The Bertz CT molecular complexity index is 511. The summed E-state index contributed by atoms with van der Waals surface area (Å²) in [7, 11) is 0. The largest absolute Gasteiger partial charge is 0.388 e. The van der Waals surface area contributed by atoms with Gasteiger partial charge in [-0.1, -0.05) is 48.5 Å². The zero-order chi connectivity index (χ0) is 12.5. The van der Waals surface area contributed by atoms with Gasteiger partial charge >= 0.3 is 0 Å². The zero-order valence-electron chi connectivity index (χ0n) is 10.1. The quantitative estimate of drug-likeness (QED) is 0.743. The Morgan fingerprint density at radius 2 is 1.06 bits per heavy atom. The number of hydrogen-bond donors (Lipinski definition) is 2. The smallest absolute Gasteiger partial charge is 0.0833 e. The molecule has 1 aliphatic carbocycles. The Hall–Kier alpha value is -1.64. The van der Waals surface area contributed by atoms with E-state index in [-0.39, 0.29) is 0 Å². The van der Waals surface area contributed by atoms with E-state index < -0.39 is 12.2 Å². The van der Waals surface area contributed by atoms with Crippen LogP contribution in [-0.4, -0.2) is 10.2 Å². The van der Waals surface area contributed by atoms with Crippen LogP contribution in [0.2, 0.25) is 0 Å². The van der Waals surface area contributed by atoms with Crippen LogP contribution in [0.4, 0.5) is 0 Å². The third-order valence-corrected chi connectivity index (χ3v) is 3.65. The molecule has 2 heteroatoms. The third-order valence-electron chi connectivity index (χ3n) is 3.65. The average Bonchev–Trinajstić information content (AvgIpc) is 2.38. The first-order valence-electron chi connectivity index (χ1n) is 6.27. The number of fused-ring (bicyclic) bond motifs is 2. The topological polar surface area (TPSA) is 40.5 Å². The van der Waals surface area contributed by atoms with Crippen LogP contribution in [0.15, 0.2) is 48.5 Å². The second kappa shape index (κ2) is 4.56. The van der Waals surface area contributed by atoms with Gasteiger partial charge in [0.2, 0.25) is 0 Å². The fourth-order valence-electron chi connectivity index (χ4n) is 2.73. The van der Waals surface area contributed by atoms with Crippen LogP contribution < -0.4 is 0 Å². The summed E-state index contributed by atoms with van der Waals surface area (Å²) in [6, 6.07) is 15.6. The lowest BCUT2D eigenvalue weighted by molar-refractivity contribution is 0.154. The molecule has 2 aromatic rings. The van der Waals surface area contributed by atoms with Gasteiger partial charge in [-0.05, 0) is 22.3 Å². The number of benzene rings is 2. The van der Waals surface area contributed by atoms with Gasteiger partial charge in [-0.3, -0.25) is 0 Å². The number of aliphatic hydroxyl groups excluding tert-OH is 2. The Morgan fingerprint density at radius 1 is 0.667 bits per heavy atom. The predicted octanol–water partition coefficient (Wildman–Crippen LogP) is 2.55. The van der Waals surface area contributed by atoms with Gasteiger partial charge in [0, 0.05) is 12.8 Å². The molecule has 92 valence electrons. The molecule has 2 N–H and O–H groups in total. The first-order valence-corrected chi connectivity index (χ1v) is 6.27. The number of rotatable bonds is 0. The predicted molar refractivity (Wildman–Crippen MR) is 70.2 cm³/mol. The van der Waals surface area contributed by atoms with E-state index in [1.807, 2.05) is 48.5 Å². The van der Waals surface area contributed by atoms with Crippen LogP contribution in [0.5, 0.6) is 0 Å². The summed E-state index contributed by atoms with van der Waals surface area (Å²) < 4.78 is 0. The molecule has 0 aromatic heterocycles. The summed E-state index contributed by atoms with van der Waals surface area (Å²) >= 11 is 0. The van der Waals surface area contributed by atoms with Crippen molar-refractivity contribution in [3.63, 3.8) is 0 Å². The van der Waals surface area contributed by atoms with E-state index in [1.165, 1.54) is 0 Å². The van der Waals surface area contributed by atoms with E-state index in [0.29, 0.717) is 12.8 Å². The van der Waals surface area contributed by atoms with Gasteiger partial charge in [0.1, 0.15) is 0 Å². The molecule has 0 heterocycles. The van der Waals surface area contributed by atoms with Crippen molar-refractivity contribution in [1.29, 1.82) is 0 Å². The maximum Gasteiger partial charge on any atom is 0.0833 e. The normalized spacial score (nSPS) is 22.6. The Morgan fingerprint density at radius 3 is 1.50 bits per heavy atom. The molecule has 0 amide bonds. The highest BCUT2D eigenvalue weighted by Crippen LogP contribution is 2.32. The minimum absolute atomic E-state index is 0.491. The second-order valence-corrected chi connectivity index (χ2v) is 4.84. The zero-order valence-corrected chi connectivity index (χ0v) is 10.1. The first kappa shape index (κ1) is 11.5. The van der Waals surface area contributed by atoms with Gasteiger partial charge < -0.3 is 10.2 Å². The van der Waals surface area contributed by atoms with Gasteiger partial charge in [-0.2, -0.15) is 0 Å². The molecule has 3 rings (SSSR count). The molecule has 1 aliphatic rings. The van der Waals surface area contributed by atoms with Crippen molar-refractivity contribution in [3.05, 3.63) is 70.8 Å². The molecule has 2 atom stereocenters. The van der Waals surface area contributed by atoms with Gasteiger partial charge in [0.15, 0.2) is 0 Å². The van der Waals surface area contributed by atoms with Crippen molar-refractivity contribution in [1.82, 2.24) is 0 Å². The van der Waals surface area contributed by atoms with Crippen molar-refractivity contribution < 1.29 is 10.2 Å². The van der Waals surface area contributed by atoms with Crippen LogP contribution in [0, 0.1) is 0 Å². The summed E-state index contributed by atoms with van der Waals surface area (Å²) in [6.45, 7) is 0. The fourth-order valence-corrected chi connectivity index (χ4v) is 2.73. The van der Waals surface area contributed by atoms with Crippen molar-refractivity contribution in [3.8, 4) is 0 Å². The molecule has 0 saturated carbocycles. The third kappa shape index (κ3) is 1.94. The molecule has 0 spiro atoms. The second-order valence-electron chi connectivity index (χ2n) is 4.84. The minimum Gasteiger partial charge on any atom is -0.388 e. The molecule has 18 heavy (non-hydrogen) atoms. The highest BCUT2D eigenvalue weighted by Gasteiger charge is 2.22. The molecule has 2 aromatic carbocycles. The van der Waals surface area contributed by atoms with Crippen molar-refractivity contribution in [2.75, 3.05) is 0 Å². The highest BCUT2D eigenvalue weighted by molar-refractivity contribution is 5.38. The van der Waals surface area contributed by atoms with E-state index in [9.17, 15) is 10.2 Å². The van der Waals surface area contributed by atoms with Crippen LogP contribution in [0.3, 0.4) is 0 Å².